The first-order valence-electron chi connectivity index (χ1n) is 6.18. The molecule has 0 aliphatic heterocycles. The summed E-state index contributed by atoms with van der Waals surface area (Å²) >= 11 is 3.23. The Balaban J connectivity index is 2.62. The second-order valence-electron chi connectivity index (χ2n) is 5.35. The molecule has 0 spiro atoms. The van der Waals surface area contributed by atoms with E-state index in [0.717, 1.165) is 6.42 Å². The van der Waals surface area contributed by atoms with Crippen molar-refractivity contribution in [2.75, 3.05) is 6.54 Å². The molecule has 0 saturated heterocycles. The molecule has 0 saturated carbocycles. The van der Waals surface area contributed by atoms with E-state index < -0.39 is 0 Å². The summed E-state index contributed by atoms with van der Waals surface area (Å²) in [5.74, 6) is -0.0284. The zero-order chi connectivity index (χ0) is 13.8. The van der Waals surface area contributed by atoms with E-state index in [-0.39, 0.29) is 17.5 Å². The van der Waals surface area contributed by atoms with Crippen LogP contribution >= 0.6 is 15.9 Å². The molecule has 1 unspecified atom stereocenters. The number of halogens is 2. The largest absolute Gasteiger partial charge is 0.486 e. The van der Waals surface area contributed by atoms with E-state index in [0.29, 0.717) is 16.8 Å². The van der Waals surface area contributed by atoms with Gasteiger partial charge in [-0.1, -0.05) is 22.9 Å². The summed E-state index contributed by atoms with van der Waals surface area (Å²) in [7, 11) is 0. The molecule has 2 nitrogen and oxygen atoms in total. The van der Waals surface area contributed by atoms with Crippen molar-refractivity contribution in [3.63, 3.8) is 0 Å². The highest BCUT2D eigenvalue weighted by molar-refractivity contribution is 9.10. The van der Waals surface area contributed by atoms with E-state index in [2.05, 4.69) is 42.0 Å². The molecule has 0 aromatic heterocycles. The Bertz CT molecular complexity index is 390. The minimum atomic E-state index is -0.335. The molecular weight excluding hydrogens is 297 g/mol. The van der Waals surface area contributed by atoms with Crippen LogP contribution in [0.25, 0.3) is 0 Å². The predicted octanol–water partition coefficient (Wildman–Crippen LogP) is 4.13. The second-order valence-corrected chi connectivity index (χ2v) is 6.27. The first-order valence-corrected chi connectivity index (χ1v) is 6.98. The van der Waals surface area contributed by atoms with Crippen LogP contribution in [0.2, 0.25) is 0 Å². The van der Waals surface area contributed by atoms with Crippen LogP contribution in [0.5, 0.6) is 5.75 Å². The van der Waals surface area contributed by atoms with E-state index >= 15 is 0 Å². The third-order valence-corrected chi connectivity index (χ3v) is 3.00. The highest BCUT2D eigenvalue weighted by Crippen LogP contribution is 2.22. The summed E-state index contributed by atoms with van der Waals surface area (Å²) in [5, 5.41) is 3.37. The molecule has 0 amide bonds. The van der Waals surface area contributed by atoms with Gasteiger partial charge >= 0.3 is 0 Å². The molecule has 0 bridgehead atoms. The predicted molar refractivity (Wildman–Crippen MR) is 76.6 cm³/mol. The van der Waals surface area contributed by atoms with Crippen LogP contribution in [0.15, 0.2) is 22.7 Å². The van der Waals surface area contributed by atoms with E-state index in [4.69, 9.17) is 4.74 Å². The van der Waals surface area contributed by atoms with Gasteiger partial charge in [0.25, 0.3) is 0 Å². The summed E-state index contributed by atoms with van der Waals surface area (Å²) in [4.78, 5) is 0. The van der Waals surface area contributed by atoms with Gasteiger partial charge in [-0.25, -0.2) is 4.39 Å². The van der Waals surface area contributed by atoms with Gasteiger partial charge in [0.15, 0.2) is 11.6 Å². The lowest BCUT2D eigenvalue weighted by Crippen LogP contribution is -2.42. The van der Waals surface area contributed by atoms with Gasteiger partial charge in [0, 0.05) is 16.6 Å². The molecule has 0 radical (unpaired) electrons. The Morgan fingerprint density at radius 1 is 1.39 bits per heavy atom. The molecule has 1 atom stereocenters. The monoisotopic (exact) mass is 317 g/mol. The number of ether oxygens (including phenoxy) is 1. The van der Waals surface area contributed by atoms with Gasteiger partial charge < -0.3 is 10.1 Å². The topological polar surface area (TPSA) is 21.3 Å². The number of hydrogen-bond donors (Lipinski definition) is 1. The van der Waals surface area contributed by atoms with E-state index in [1.165, 1.54) is 6.07 Å². The van der Waals surface area contributed by atoms with Crippen molar-refractivity contribution in [2.24, 2.45) is 0 Å². The van der Waals surface area contributed by atoms with Crippen molar-refractivity contribution >= 4 is 15.9 Å². The minimum Gasteiger partial charge on any atom is -0.486 e. The minimum absolute atomic E-state index is 0.0279. The van der Waals surface area contributed by atoms with Crippen LogP contribution in [0.1, 0.15) is 34.1 Å². The fraction of sp³-hybridized carbons (Fsp3) is 0.571. The molecule has 1 aromatic carbocycles. The lowest BCUT2D eigenvalue weighted by atomic mass is 10.1. The maximum atomic E-state index is 13.6. The highest BCUT2D eigenvalue weighted by atomic mass is 79.9. The fourth-order valence-electron chi connectivity index (χ4n) is 1.44. The summed E-state index contributed by atoms with van der Waals surface area (Å²) < 4.78 is 20.0. The zero-order valence-electron chi connectivity index (χ0n) is 11.4. The second kappa shape index (κ2) is 6.53. The molecule has 18 heavy (non-hydrogen) atoms. The number of rotatable bonds is 5. The summed E-state index contributed by atoms with van der Waals surface area (Å²) in [6.45, 7) is 9.03. The Morgan fingerprint density at radius 2 is 2.06 bits per heavy atom. The maximum absolute atomic E-state index is 13.6. The normalized spacial score (nSPS) is 13.4. The summed E-state index contributed by atoms with van der Waals surface area (Å²) in [6.07, 6.45) is 0.804. The van der Waals surface area contributed by atoms with Crippen molar-refractivity contribution in [1.29, 1.82) is 0 Å². The van der Waals surface area contributed by atoms with Gasteiger partial charge in [0.1, 0.15) is 6.10 Å². The SMILES string of the molecule is CCC(CNC(C)(C)C)Oc1ccc(Br)cc1F. The summed E-state index contributed by atoms with van der Waals surface area (Å²) in [6, 6.07) is 4.85. The van der Waals surface area contributed by atoms with Crippen LogP contribution in [-0.2, 0) is 0 Å². The van der Waals surface area contributed by atoms with Gasteiger partial charge in [0.05, 0.1) is 0 Å². The smallest absolute Gasteiger partial charge is 0.166 e. The van der Waals surface area contributed by atoms with Crippen molar-refractivity contribution in [2.45, 2.75) is 45.8 Å². The molecule has 1 N–H and O–H groups in total. The molecule has 1 aromatic rings. The van der Waals surface area contributed by atoms with Crippen LogP contribution in [0.3, 0.4) is 0 Å². The number of nitrogens with one attached hydrogen (secondary N) is 1. The molecule has 0 aliphatic carbocycles. The highest BCUT2D eigenvalue weighted by Gasteiger charge is 2.15. The van der Waals surface area contributed by atoms with Crippen molar-refractivity contribution in [1.82, 2.24) is 5.32 Å². The van der Waals surface area contributed by atoms with E-state index in [9.17, 15) is 4.39 Å². The molecular formula is C14H21BrFNO. The van der Waals surface area contributed by atoms with Crippen LogP contribution in [-0.4, -0.2) is 18.2 Å². The van der Waals surface area contributed by atoms with E-state index in [1.54, 1.807) is 12.1 Å². The van der Waals surface area contributed by atoms with Crippen LogP contribution < -0.4 is 10.1 Å². The zero-order valence-corrected chi connectivity index (χ0v) is 13.0. The molecule has 102 valence electrons. The Labute approximate surface area is 117 Å². The van der Waals surface area contributed by atoms with Crippen LogP contribution in [0, 0.1) is 5.82 Å². The Kier molecular flexibility index (Phi) is 5.60. The summed E-state index contributed by atoms with van der Waals surface area (Å²) in [5.41, 5.74) is 0.0367. The average Bonchev–Trinajstić information content (AvgIpc) is 2.25. The van der Waals surface area contributed by atoms with Crippen LogP contribution in [0.4, 0.5) is 4.39 Å². The molecule has 0 heterocycles. The lowest BCUT2D eigenvalue weighted by molar-refractivity contribution is 0.174. The average molecular weight is 318 g/mol. The van der Waals surface area contributed by atoms with Gasteiger partial charge in [0.2, 0.25) is 0 Å². The van der Waals surface area contributed by atoms with Gasteiger partial charge in [-0.15, -0.1) is 0 Å². The van der Waals surface area contributed by atoms with Crippen molar-refractivity contribution in [3.05, 3.63) is 28.5 Å². The fourth-order valence-corrected chi connectivity index (χ4v) is 1.77. The Morgan fingerprint density at radius 3 is 2.56 bits per heavy atom. The lowest BCUT2D eigenvalue weighted by Gasteiger charge is -2.25. The molecule has 4 heteroatoms. The van der Waals surface area contributed by atoms with Gasteiger partial charge in [-0.3, -0.25) is 0 Å². The molecule has 0 aliphatic rings. The third-order valence-electron chi connectivity index (χ3n) is 2.50. The number of benzene rings is 1. The molecule has 0 fully saturated rings. The number of hydrogen-bond acceptors (Lipinski definition) is 2. The van der Waals surface area contributed by atoms with E-state index in [1.807, 2.05) is 6.92 Å². The van der Waals surface area contributed by atoms with Crippen molar-refractivity contribution in [3.8, 4) is 5.75 Å². The van der Waals surface area contributed by atoms with Gasteiger partial charge in [-0.05, 0) is 45.4 Å². The first kappa shape index (κ1) is 15.4. The standard InChI is InChI=1S/C14H21BrFNO/c1-5-11(9-17-14(2,3)4)18-13-7-6-10(15)8-12(13)16/h6-8,11,17H,5,9H2,1-4H3. The Hall–Kier alpha value is -0.610. The molecule has 1 rings (SSSR count). The quantitative estimate of drug-likeness (QED) is 0.881. The van der Waals surface area contributed by atoms with Crippen molar-refractivity contribution < 1.29 is 9.13 Å². The first-order chi connectivity index (χ1) is 8.31. The maximum Gasteiger partial charge on any atom is 0.166 e. The van der Waals surface area contributed by atoms with Gasteiger partial charge in [-0.2, -0.15) is 0 Å². The third kappa shape index (κ3) is 5.36.